The fourth-order valence-electron chi connectivity index (χ4n) is 2.80. The fraction of sp³-hybridized carbons (Fsp3) is 0.643. The van der Waals surface area contributed by atoms with Crippen molar-refractivity contribution in [2.24, 2.45) is 0 Å². The molecular weight excluding hydrogens is 285 g/mol. The number of hydrogen-bond acceptors (Lipinski definition) is 3. The molecule has 2 rings (SSSR count). The number of rotatable bonds is 3. The Balaban J connectivity index is 2.47. The molecule has 4 nitrogen and oxygen atoms in total. The smallest absolute Gasteiger partial charge is 0.408 e. The maximum absolute atomic E-state index is 13.4. The highest BCUT2D eigenvalue weighted by atomic mass is 19.4. The standard InChI is InChI=1S/C14H19F3N2O2/c1-2-10-12(21)11(20)9(8-18-10)13(14(15,16)17)19-6-4-3-5-7-19/h8,13,21H,2-7H2,1H3,(H,18,20). The van der Waals surface area contributed by atoms with Gasteiger partial charge in [0, 0.05) is 11.8 Å². The largest absolute Gasteiger partial charge is 0.503 e. The van der Waals surface area contributed by atoms with Gasteiger partial charge < -0.3 is 10.1 Å². The lowest BCUT2D eigenvalue weighted by Gasteiger charge is -2.35. The number of aryl methyl sites for hydroxylation is 1. The predicted molar refractivity (Wildman–Crippen MR) is 72.3 cm³/mol. The van der Waals surface area contributed by atoms with E-state index in [0.717, 1.165) is 12.6 Å². The number of aromatic amines is 1. The van der Waals surface area contributed by atoms with Crippen LogP contribution in [-0.2, 0) is 6.42 Å². The summed E-state index contributed by atoms with van der Waals surface area (Å²) in [7, 11) is 0. The minimum Gasteiger partial charge on any atom is -0.503 e. The number of piperidine rings is 1. The molecule has 1 aliphatic rings. The van der Waals surface area contributed by atoms with Crippen molar-refractivity contribution < 1.29 is 18.3 Å². The summed E-state index contributed by atoms with van der Waals surface area (Å²) < 4.78 is 40.2. The van der Waals surface area contributed by atoms with E-state index >= 15 is 0 Å². The number of nitrogens with one attached hydrogen (secondary N) is 1. The van der Waals surface area contributed by atoms with Crippen molar-refractivity contribution in [3.05, 3.63) is 27.7 Å². The highest BCUT2D eigenvalue weighted by Gasteiger charge is 2.46. The van der Waals surface area contributed by atoms with E-state index in [2.05, 4.69) is 4.98 Å². The molecule has 118 valence electrons. The Morgan fingerprint density at radius 1 is 1.33 bits per heavy atom. The van der Waals surface area contributed by atoms with Crippen LogP contribution in [0.2, 0.25) is 0 Å². The Bertz CT molecular complexity index is 548. The number of aromatic hydroxyl groups is 1. The van der Waals surface area contributed by atoms with E-state index in [9.17, 15) is 23.1 Å². The summed E-state index contributed by atoms with van der Waals surface area (Å²) in [6, 6.07) is -1.96. The zero-order valence-electron chi connectivity index (χ0n) is 11.8. The van der Waals surface area contributed by atoms with Crippen LogP contribution < -0.4 is 5.43 Å². The lowest BCUT2D eigenvalue weighted by atomic mass is 10.0. The quantitative estimate of drug-likeness (QED) is 0.903. The molecule has 7 heteroatoms. The summed E-state index contributed by atoms with van der Waals surface area (Å²) in [4.78, 5) is 16.0. The van der Waals surface area contributed by atoms with Gasteiger partial charge in [-0.15, -0.1) is 0 Å². The molecule has 2 heterocycles. The fourth-order valence-corrected chi connectivity index (χ4v) is 2.80. The maximum Gasteiger partial charge on any atom is 0.408 e. The zero-order chi connectivity index (χ0) is 15.6. The van der Waals surface area contributed by atoms with Crippen molar-refractivity contribution in [1.29, 1.82) is 0 Å². The molecule has 1 saturated heterocycles. The molecule has 2 N–H and O–H groups in total. The van der Waals surface area contributed by atoms with Gasteiger partial charge in [0.2, 0.25) is 5.43 Å². The number of hydrogen-bond donors (Lipinski definition) is 2. The number of likely N-dealkylation sites (tertiary alicyclic amines) is 1. The Hall–Kier alpha value is -1.50. The van der Waals surface area contributed by atoms with Gasteiger partial charge in [-0.3, -0.25) is 9.69 Å². The van der Waals surface area contributed by atoms with E-state index < -0.39 is 29.0 Å². The Morgan fingerprint density at radius 3 is 2.48 bits per heavy atom. The van der Waals surface area contributed by atoms with Crippen LogP contribution in [0.4, 0.5) is 13.2 Å². The van der Waals surface area contributed by atoms with Crippen LogP contribution in [0.3, 0.4) is 0 Å². The zero-order valence-corrected chi connectivity index (χ0v) is 11.8. The molecule has 0 aromatic carbocycles. The highest BCUT2D eigenvalue weighted by molar-refractivity contribution is 5.32. The minimum absolute atomic E-state index is 0.253. The minimum atomic E-state index is -4.55. The topological polar surface area (TPSA) is 56.3 Å². The molecule has 0 saturated carbocycles. The molecule has 1 aliphatic heterocycles. The van der Waals surface area contributed by atoms with E-state index in [1.165, 1.54) is 4.90 Å². The third kappa shape index (κ3) is 3.23. The summed E-state index contributed by atoms with van der Waals surface area (Å²) in [5, 5.41) is 9.76. The van der Waals surface area contributed by atoms with Crippen molar-refractivity contribution in [2.75, 3.05) is 13.1 Å². The second-order valence-corrected chi connectivity index (χ2v) is 5.29. The van der Waals surface area contributed by atoms with E-state index in [1.807, 2.05) is 0 Å². The number of H-pyrrole nitrogens is 1. The van der Waals surface area contributed by atoms with Crippen molar-refractivity contribution in [1.82, 2.24) is 9.88 Å². The molecule has 21 heavy (non-hydrogen) atoms. The highest BCUT2D eigenvalue weighted by Crippen LogP contribution is 2.38. The molecule has 1 fully saturated rings. The summed E-state index contributed by atoms with van der Waals surface area (Å²) in [6.45, 7) is 2.32. The molecule has 0 radical (unpaired) electrons. The first-order chi connectivity index (χ1) is 9.86. The van der Waals surface area contributed by atoms with Gasteiger partial charge in [-0.2, -0.15) is 13.2 Å². The van der Waals surface area contributed by atoms with E-state index in [4.69, 9.17) is 0 Å². The second kappa shape index (κ2) is 6.09. The molecule has 1 aromatic rings. The predicted octanol–water partition coefficient (Wildman–Crippen LogP) is 2.73. The summed E-state index contributed by atoms with van der Waals surface area (Å²) in [5.74, 6) is -0.610. The third-order valence-corrected chi connectivity index (χ3v) is 3.88. The van der Waals surface area contributed by atoms with E-state index in [-0.39, 0.29) is 5.69 Å². The molecule has 1 unspecified atom stereocenters. The number of halogens is 3. The number of aromatic nitrogens is 1. The summed E-state index contributed by atoms with van der Waals surface area (Å²) in [6.07, 6.45) is -0.843. The first-order valence-electron chi connectivity index (χ1n) is 7.10. The van der Waals surface area contributed by atoms with Crippen molar-refractivity contribution >= 4 is 0 Å². The first-order valence-corrected chi connectivity index (χ1v) is 7.10. The van der Waals surface area contributed by atoms with Crippen molar-refractivity contribution in [3.63, 3.8) is 0 Å². The first kappa shape index (κ1) is 15.9. The van der Waals surface area contributed by atoms with Gasteiger partial charge in [0.15, 0.2) is 5.75 Å². The Labute approximate surface area is 120 Å². The number of pyridine rings is 1. The van der Waals surface area contributed by atoms with Crippen LogP contribution in [0, 0.1) is 0 Å². The number of alkyl halides is 3. The summed E-state index contributed by atoms with van der Waals surface area (Å²) in [5.41, 5.74) is -1.11. The van der Waals surface area contributed by atoms with Crippen LogP contribution in [0.25, 0.3) is 0 Å². The van der Waals surface area contributed by atoms with Crippen LogP contribution >= 0.6 is 0 Å². The van der Waals surface area contributed by atoms with Crippen LogP contribution in [0.5, 0.6) is 5.75 Å². The Kier molecular flexibility index (Phi) is 4.61. The average molecular weight is 304 g/mol. The SMILES string of the molecule is CCc1[nH]cc(C(N2CCCCC2)C(F)(F)F)c(=O)c1O. The van der Waals surface area contributed by atoms with Gasteiger partial charge in [-0.25, -0.2) is 0 Å². The summed E-state index contributed by atoms with van der Waals surface area (Å²) >= 11 is 0. The van der Waals surface area contributed by atoms with Gasteiger partial charge in [0.05, 0.1) is 5.69 Å². The number of nitrogens with zero attached hydrogens (tertiary/aromatic N) is 1. The average Bonchev–Trinajstić information content (AvgIpc) is 2.44. The van der Waals surface area contributed by atoms with E-state index in [0.29, 0.717) is 32.4 Å². The third-order valence-electron chi connectivity index (χ3n) is 3.88. The monoisotopic (exact) mass is 304 g/mol. The van der Waals surface area contributed by atoms with Gasteiger partial charge in [0.25, 0.3) is 0 Å². The van der Waals surface area contributed by atoms with Crippen molar-refractivity contribution in [3.8, 4) is 5.75 Å². The molecule has 0 bridgehead atoms. The Morgan fingerprint density at radius 2 is 1.95 bits per heavy atom. The molecular formula is C14H19F3N2O2. The molecule has 1 atom stereocenters. The molecule has 1 aromatic heterocycles. The van der Waals surface area contributed by atoms with Crippen molar-refractivity contribution in [2.45, 2.75) is 44.8 Å². The lowest BCUT2D eigenvalue weighted by molar-refractivity contribution is -0.189. The van der Waals surface area contributed by atoms with Gasteiger partial charge in [-0.05, 0) is 32.4 Å². The maximum atomic E-state index is 13.4. The van der Waals surface area contributed by atoms with Gasteiger partial charge in [-0.1, -0.05) is 13.3 Å². The lowest BCUT2D eigenvalue weighted by Crippen LogP contribution is -2.43. The van der Waals surface area contributed by atoms with Crippen LogP contribution in [0.1, 0.15) is 43.5 Å². The van der Waals surface area contributed by atoms with E-state index in [1.54, 1.807) is 6.92 Å². The van der Waals surface area contributed by atoms with Gasteiger partial charge in [0.1, 0.15) is 6.04 Å². The van der Waals surface area contributed by atoms with Crippen LogP contribution in [0.15, 0.2) is 11.0 Å². The normalized spacial score (nSPS) is 18.7. The molecule has 0 aliphatic carbocycles. The molecule has 0 spiro atoms. The van der Waals surface area contributed by atoms with Crippen LogP contribution in [-0.4, -0.2) is 34.3 Å². The second-order valence-electron chi connectivity index (χ2n) is 5.29. The van der Waals surface area contributed by atoms with Gasteiger partial charge >= 0.3 is 6.18 Å². The molecule has 0 amide bonds.